The average Bonchev–Trinajstić information content (AvgIpc) is 2.07. The fraction of sp³-hybridized carbons (Fsp3) is 0. The summed E-state index contributed by atoms with van der Waals surface area (Å²) in [6.07, 6.45) is 1.64. The summed E-state index contributed by atoms with van der Waals surface area (Å²) < 4.78 is 13.4. The van der Waals surface area contributed by atoms with E-state index in [4.69, 9.17) is 0 Å². The van der Waals surface area contributed by atoms with E-state index in [0.717, 1.165) is 4.47 Å². The van der Waals surface area contributed by atoms with E-state index in [1.54, 1.807) is 18.3 Å². The molecule has 0 saturated carbocycles. The number of nitrogens with zero attached hydrogens (tertiary/aromatic N) is 2. The third-order valence-corrected chi connectivity index (χ3v) is 2.14. The van der Waals surface area contributed by atoms with Crippen molar-refractivity contribution in [1.82, 2.24) is 9.97 Å². The van der Waals surface area contributed by atoms with Crippen LogP contribution >= 0.6 is 15.9 Å². The average molecular weight is 227 g/mol. The highest BCUT2D eigenvalue weighted by Crippen LogP contribution is 2.19. The van der Waals surface area contributed by atoms with Gasteiger partial charge >= 0.3 is 0 Å². The predicted molar refractivity (Wildman–Crippen MR) is 47.2 cm³/mol. The largest absolute Gasteiger partial charge is 0.255 e. The Balaban J connectivity index is 2.88. The van der Waals surface area contributed by atoms with E-state index < -0.39 is 5.95 Å². The highest BCUT2D eigenvalue weighted by Gasteiger charge is 2.01. The van der Waals surface area contributed by atoms with Gasteiger partial charge in [0.25, 0.3) is 0 Å². The van der Waals surface area contributed by atoms with E-state index in [-0.39, 0.29) is 0 Å². The Hall–Kier alpha value is -1.03. The van der Waals surface area contributed by atoms with E-state index in [9.17, 15) is 4.39 Å². The van der Waals surface area contributed by atoms with Crippen LogP contribution in [0, 0.1) is 5.95 Å². The van der Waals surface area contributed by atoms with Gasteiger partial charge in [0.15, 0.2) is 0 Å². The second-order valence-corrected chi connectivity index (χ2v) is 3.15. The molecule has 0 saturated heterocycles. The van der Waals surface area contributed by atoms with Gasteiger partial charge in [-0.1, -0.05) is 0 Å². The number of hydrogen-bond acceptors (Lipinski definition) is 2. The SMILES string of the molecule is Fc1ccc2nccc(Br)c2n1. The minimum absolute atomic E-state index is 0.490. The van der Waals surface area contributed by atoms with Crippen molar-refractivity contribution >= 4 is 27.0 Å². The van der Waals surface area contributed by atoms with E-state index in [0.29, 0.717) is 11.0 Å². The molecule has 0 unspecified atom stereocenters. The molecule has 4 heteroatoms. The van der Waals surface area contributed by atoms with Crippen LogP contribution in [0.25, 0.3) is 11.0 Å². The van der Waals surface area contributed by atoms with Crippen molar-refractivity contribution in [2.24, 2.45) is 0 Å². The van der Waals surface area contributed by atoms with Crippen molar-refractivity contribution in [3.8, 4) is 0 Å². The second-order valence-electron chi connectivity index (χ2n) is 2.29. The van der Waals surface area contributed by atoms with Crippen LogP contribution in [0.3, 0.4) is 0 Å². The molecule has 0 radical (unpaired) electrons. The quantitative estimate of drug-likeness (QED) is 0.646. The van der Waals surface area contributed by atoms with Crippen molar-refractivity contribution in [3.63, 3.8) is 0 Å². The first-order chi connectivity index (χ1) is 5.77. The van der Waals surface area contributed by atoms with Gasteiger partial charge in [0.2, 0.25) is 5.95 Å². The van der Waals surface area contributed by atoms with Crippen LogP contribution in [0.15, 0.2) is 28.9 Å². The number of rotatable bonds is 0. The van der Waals surface area contributed by atoms with Gasteiger partial charge in [-0.15, -0.1) is 0 Å². The number of halogens is 2. The molecule has 0 atom stereocenters. The fourth-order valence-electron chi connectivity index (χ4n) is 0.970. The molecule has 0 N–H and O–H groups in total. The summed E-state index contributed by atoms with van der Waals surface area (Å²) in [5.74, 6) is -0.490. The Morgan fingerprint density at radius 1 is 1.25 bits per heavy atom. The monoisotopic (exact) mass is 226 g/mol. The molecule has 60 valence electrons. The van der Waals surface area contributed by atoms with E-state index >= 15 is 0 Å². The lowest BCUT2D eigenvalue weighted by atomic mass is 10.3. The third-order valence-electron chi connectivity index (χ3n) is 1.50. The third kappa shape index (κ3) is 1.18. The molecular weight excluding hydrogens is 223 g/mol. The number of hydrogen-bond donors (Lipinski definition) is 0. The Morgan fingerprint density at radius 2 is 2.08 bits per heavy atom. The molecule has 2 aromatic heterocycles. The number of fused-ring (bicyclic) bond motifs is 1. The lowest BCUT2D eigenvalue weighted by Gasteiger charge is -1.97. The maximum absolute atomic E-state index is 12.7. The van der Waals surface area contributed by atoms with Crippen LogP contribution in [-0.2, 0) is 0 Å². The molecule has 0 bridgehead atoms. The molecule has 0 aromatic carbocycles. The standard InChI is InChI=1S/C8H4BrFN2/c9-5-3-4-11-6-1-2-7(10)12-8(5)6/h1-4H. The van der Waals surface area contributed by atoms with Gasteiger partial charge in [-0.3, -0.25) is 4.98 Å². The summed E-state index contributed by atoms with van der Waals surface area (Å²) >= 11 is 3.26. The highest BCUT2D eigenvalue weighted by atomic mass is 79.9. The van der Waals surface area contributed by atoms with Crippen LogP contribution < -0.4 is 0 Å². The van der Waals surface area contributed by atoms with E-state index in [1.807, 2.05) is 0 Å². The summed E-state index contributed by atoms with van der Waals surface area (Å²) in [5, 5.41) is 0. The summed E-state index contributed by atoms with van der Waals surface area (Å²) in [4.78, 5) is 7.72. The zero-order valence-electron chi connectivity index (χ0n) is 5.96. The first-order valence-corrected chi connectivity index (χ1v) is 4.13. The van der Waals surface area contributed by atoms with Crippen molar-refractivity contribution in [1.29, 1.82) is 0 Å². The second kappa shape index (κ2) is 2.79. The lowest BCUT2D eigenvalue weighted by molar-refractivity contribution is 0.588. The summed E-state index contributed by atoms with van der Waals surface area (Å²) in [7, 11) is 0. The summed E-state index contributed by atoms with van der Waals surface area (Å²) in [6.45, 7) is 0. The molecule has 2 aromatic rings. The normalized spacial score (nSPS) is 10.5. The summed E-state index contributed by atoms with van der Waals surface area (Å²) in [5.41, 5.74) is 1.24. The molecule has 0 aliphatic rings. The Bertz CT molecular complexity index is 430. The first-order valence-electron chi connectivity index (χ1n) is 3.34. The van der Waals surface area contributed by atoms with Crippen molar-refractivity contribution in [3.05, 3.63) is 34.8 Å². The number of aromatic nitrogens is 2. The first kappa shape index (κ1) is 7.61. The molecule has 12 heavy (non-hydrogen) atoms. The smallest absolute Gasteiger partial charge is 0.213 e. The molecular formula is C8H4BrFN2. The maximum atomic E-state index is 12.7. The van der Waals surface area contributed by atoms with Crippen molar-refractivity contribution in [2.75, 3.05) is 0 Å². The highest BCUT2D eigenvalue weighted by molar-refractivity contribution is 9.10. The van der Waals surface area contributed by atoms with Crippen molar-refractivity contribution in [2.45, 2.75) is 0 Å². The maximum Gasteiger partial charge on any atom is 0.213 e. The van der Waals surface area contributed by atoms with Gasteiger partial charge in [-0.05, 0) is 34.1 Å². The summed E-state index contributed by atoms with van der Waals surface area (Å²) in [6, 6.07) is 4.62. The van der Waals surface area contributed by atoms with Gasteiger partial charge in [0, 0.05) is 10.7 Å². The lowest BCUT2D eigenvalue weighted by Crippen LogP contribution is -1.86. The molecule has 2 rings (SSSR count). The molecule has 0 fully saturated rings. The molecule has 0 amide bonds. The minimum atomic E-state index is -0.490. The van der Waals surface area contributed by atoms with Crippen LogP contribution in [0.2, 0.25) is 0 Å². The van der Waals surface area contributed by atoms with Gasteiger partial charge in [0.1, 0.15) is 5.52 Å². The minimum Gasteiger partial charge on any atom is -0.255 e. The Labute approximate surface area is 76.6 Å². The van der Waals surface area contributed by atoms with Crippen molar-refractivity contribution < 1.29 is 4.39 Å². The molecule has 0 aliphatic heterocycles. The molecule has 0 spiro atoms. The Morgan fingerprint density at radius 3 is 2.92 bits per heavy atom. The van der Waals surface area contributed by atoms with Gasteiger partial charge in [-0.2, -0.15) is 4.39 Å². The predicted octanol–water partition coefficient (Wildman–Crippen LogP) is 2.53. The van der Waals surface area contributed by atoms with Gasteiger partial charge < -0.3 is 0 Å². The topological polar surface area (TPSA) is 25.8 Å². The van der Waals surface area contributed by atoms with Crippen LogP contribution in [0.4, 0.5) is 4.39 Å². The zero-order valence-corrected chi connectivity index (χ0v) is 7.55. The fourth-order valence-corrected chi connectivity index (χ4v) is 1.38. The van der Waals surface area contributed by atoms with Crippen LogP contribution in [0.5, 0.6) is 0 Å². The molecule has 2 nitrogen and oxygen atoms in total. The van der Waals surface area contributed by atoms with Gasteiger partial charge in [0.05, 0.1) is 5.52 Å². The van der Waals surface area contributed by atoms with Crippen LogP contribution in [0.1, 0.15) is 0 Å². The molecule has 0 aliphatic carbocycles. The zero-order chi connectivity index (χ0) is 8.55. The van der Waals surface area contributed by atoms with E-state index in [1.165, 1.54) is 6.07 Å². The Kier molecular flexibility index (Phi) is 1.77. The number of pyridine rings is 2. The molecule has 2 heterocycles. The van der Waals surface area contributed by atoms with E-state index in [2.05, 4.69) is 25.9 Å². The van der Waals surface area contributed by atoms with Gasteiger partial charge in [-0.25, -0.2) is 4.98 Å². The van der Waals surface area contributed by atoms with Crippen LogP contribution in [-0.4, -0.2) is 9.97 Å².